The third kappa shape index (κ3) is 5.29. The zero-order chi connectivity index (χ0) is 19.3. The summed E-state index contributed by atoms with van der Waals surface area (Å²) in [7, 11) is -3.62. The number of hydrogen-bond donors (Lipinski definition) is 2. The van der Waals surface area contributed by atoms with Gasteiger partial charge in [-0.05, 0) is 24.6 Å². The van der Waals surface area contributed by atoms with E-state index < -0.39 is 10.0 Å². The van der Waals surface area contributed by atoms with Gasteiger partial charge in [0.15, 0.2) is 0 Å². The molecule has 0 radical (unpaired) electrons. The SMILES string of the molecule is Cc1ccc(Cl)cc1S(=O)(=O)NCCNc1cc(N2CCOCC2)ncn1. The van der Waals surface area contributed by atoms with Crippen molar-refractivity contribution in [1.29, 1.82) is 0 Å². The maximum atomic E-state index is 12.4. The Hall–Kier alpha value is -1.94. The van der Waals surface area contributed by atoms with Crippen LogP contribution in [-0.2, 0) is 14.8 Å². The third-order valence-electron chi connectivity index (χ3n) is 4.15. The Morgan fingerprint density at radius 2 is 1.96 bits per heavy atom. The summed E-state index contributed by atoms with van der Waals surface area (Å²) < 4.78 is 32.8. The molecule has 1 aliphatic heterocycles. The van der Waals surface area contributed by atoms with Crippen LogP contribution >= 0.6 is 11.6 Å². The molecule has 0 atom stereocenters. The predicted octanol–water partition coefficient (Wildman–Crippen LogP) is 1.67. The monoisotopic (exact) mass is 411 g/mol. The molecule has 146 valence electrons. The molecule has 0 spiro atoms. The number of anilines is 2. The van der Waals surface area contributed by atoms with Crippen molar-refractivity contribution in [2.24, 2.45) is 0 Å². The Kier molecular flexibility index (Phi) is 6.48. The molecule has 1 aromatic carbocycles. The number of morpholine rings is 1. The molecule has 0 bridgehead atoms. The van der Waals surface area contributed by atoms with Crippen LogP contribution in [-0.4, -0.2) is 57.8 Å². The molecular formula is C17H22ClN5O3S. The van der Waals surface area contributed by atoms with Gasteiger partial charge in [-0.15, -0.1) is 0 Å². The first-order valence-electron chi connectivity index (χ1n) is 8.60. The molecule has 2 aromatic rings. The standard InChI is InChI=1S/C17H22ClN5O3S/c1-13-2-3-14(18)10-15(13)27(24,25)22-5-4-19-16-11-17(21-12-20-16)23-6-8-26-9-7-23/h2-3,10-12,22H,4-9H2,1H3,(H,19,20,21). The lowest BCUT2D eigenvalue weighted by molar-refractivity contribution is 0.122. The molecule has 1 saturated heterocycles. The van der Waals surface area contributed by atoms with Crippen LogP contribution in [0.5, 0.6) is 0 Å². The molecule has 0 unspecified atom stereocenters. The van der Waals surface area contributed by atoms with Gasteiger partial charge in [-0.25, -0.2) is 23.1 Å². The van der Waals surface area contributed by atoms with E-state index >= 15 is 0 Å². The first-order chi connectivity index (χ1) is 13.0. The molecular weight excluding hydrogens is 390 g/mol. The summed E-state index contributed by atoms with van der Waals surface area (Å²) in [4.78, 5) is 10.8. The summed E-state index contributed by atoms with van der Waals surface area (Å²) in [5.74, 6) is 1.47. The van der Waals surface area contributed by atoms with Gasteiger partial charge in [0, 0.05) is 37.3 Å². The van der Waals surface area contributed by atoms with E-state index in [1.165, 1.54) is 12.4 Å². The van der Waals surface area contributed by atoms with Gasteiger partial charge < -0.3 is 15.0 Å². The highest BCUT2D eigenvalue weighted by molar-refractivity contribution is 7.89. The molecule has 0 aliphatic carbocycles. The smallest absolute Gasteiger partial charge is 0.240 e. The lowest BCUT2D eigenvalue weighted by Gasteiger charge is -2.27. The summed E-state index contributed by atoms with van der Waals surface area (Å²) in [6.07, 6.45) is 1.49. The lowest BCUT2D eigenvalue weighted by Crippen LogP contribution is -2.36. The van der Waals surface area contributed by atoms with Crippen LogP contribution in [0.25, 0.3) is 0 Å². The van der Waals surface area contributed by atoms with Gasteiger partial charge in [-0.2, -0.15) is 0 Å². The van der Waals surface area contributed by atoms with Gasteiger partial charge in [0.05, 0.1) is 18.1 Å². The van der Waals surface area contributed by atoms with Crippen molar-refractivity contribution in [3.8, 4) is 0 Å². The topological polar surface area (TPSA) is 96.5 Å². The summed E-state index contributed by atoms with van der Waals surface area (Å²) in [5, 5.41) is 3.50. The minimum Gasteiger partial charge on any atom is -0.378 e. The second-order valence-corrected chi connectivity index (χ2v) is 8.27. The van der Waals surface area contributed by atoms with Gasteiger partial charge >= 0.3 is 0 Å². The molecule has 0 saturated carbocycles. The first-order valence-corrected chi connectivity index (χ1v) is 10.5. The summed E-state index contributed by atoms with van der Waals surface area (Å²) in [5.41, 5.74) is 0.644. The molecule has 27 heavy (non-hydrogen) atoms. The molecule has 2 N–H and O–H groups in total. The average molecular weight is 412 g/mol. The Morgan fingerprint density at radius 1 is 1.19 bits per heavy atom. The summed E-state index contributed by atoms with van der Waals surface area (Å²) in [6.45, 7) is 5.26. The number of rotatable bonds is 7. The van der Waals surface area contributed by atoms with E-state index in [9.17, 15) is 8.42 Å². The van der Waals surface area contributed by atoms with Gasteiger partial charge in [-0.3, -0.25) is 0 Å². The summed E-state index contributed by atoms with van der Waals surface area (Å²) >= 11 is 5.91. The van der Waals surface area contributed by atoms with Crippen LogP contribution in [0.1, 0.15) is 5.56 Å². The molecule has 10 heteroatoms. The van der Waals surface area contributed by atoms with E-state index in [4.69, 9.17) is 16.3 Å². The lowest BCUT2D eigenvalue weighted by atomic mass is 10.2. The Balaban J connectivity index is 1.55. The number of aryl methyl sites for hydroxylation is 1. The molecule has 1 aliphatic rings. The number of aromatic nitrogens is 2. The first kappa shape index (κ1) is 19.8. The zero-order valence-corrected chi connectivity index (χ0v) is 16.6. The number of halogens is 1. The third-order valence-corrected chi connectivity index (χ3v) is 5.99. The quantitative estimate of drug-likeness (QED) is 0.669. The normalized spacial score (nSPS) is 15.0. The number of benzene rings is 1. The van der Waals surface area contributed by atoms with Crippen molar-refractivity contribution in [1.82, 2.24) is 14.7 Å². The van der Waals surface area contributed by atoms with E-state index in [2.05, 4.69) is 24.9 Å². The predicted molar refractivity (Wildman–Crippen MR) is 105 cm³/mol. The van der Waals surface area contributed by atoms with Crippen LogP contribution in [0, 0.1) is 6.92 Å². The molecule has 1 fully saturated rings. The molecule has 1 aromatic heterocycles. The highest BCUT2D eigenvalue weighted by Crippen LogP contribution is 2.20. The van der Waals surface area contributed by atoms with E-state index in [0.29, 0.717) is 36.2 Å². The van der Waals surface area contributed by atoms with Gasteiger partial charge in [0.1, 0.15) is 18.0 Å². The van der Waals surface area contributed by atoms with Crippen LogP contribution < -0.4 is 14.9 Å². The fraction of sp³-hybridized carbons (Fsp3) is 0.412. The molecule has 3 rings (SSSR count). The van der Waals surface area contributed by atoms with Crippen LogP contribution in [0.4, 0.5) is 11.6 Å². The Bertz CT molecular complexity index is 888. The molecule has 8 nitrogen and oxygen atoms in total. The average Bonchev–Trinajstić information content (AvgIpc) is 2.68. The molecule has 2 heterocycles. The minimum absolute atomic E-state index is 0.187. The van der Waals surface area contributed by atoms with Crippen molar-refractivity contribution >= 4 is 33.3 Å². The van der Waals surface area contributed by atoms with Crippen molar-refractivity contribution in [3.05, 3.63) is 41.2 Å². The van der Waals surface area contributed by atoms with Crippen molar-refractivity contribution in [3.63, 3.8) is 0 Å². The number of nitrogens with zero attached hydrogens (tertiary/aromatic N) is 3. The number of nitrogens with one attached hydrogen (secondary N) is 2. The van der Waals surface area contributed by atoms with Gasteiger partial charge in [0.25, 0.3) is 0 Å². The van der Waals surface area contributed by atoms with E-state index in [1.807, 2.05) is 6.07 Å². The number of hydrogen-bond acceptors (Lipinski definition) is 7. The van der Waals surface area contributed by atoms with Crippen LogP contribution in [0.15, 0.2) is 35.5 Å². The fourth-order valence-corrected chi connectivity index (χ4v) is 4.26. The number of ether oxygens (including phenoxy) is 1. The van der Waals surface area contributed by atoms with Crippen molar-refractivity contribution in [2.75, 3.05) is 49.6 Å². The second-order valence-electron chi connectivity index (χ2n) is 6.10. The maximum Gasteiger partial charge on any atom is 0.240 e. The Labute approximate surface area is 164 Å². The fourth-order valence-electron chi connectivity index (χ4n) is 2.73. The van der Waals surface area contributed by atoms with Crippen molar-refractivity contribution in [2.45, 2.75) is 11.8 Å². The second kappa shape index (κ2) is 8.83. The van der Waals surface area contributed by atoms with Crippen LogP contribution in [0.2, 0.25) is 5.02 Å². The minimum atomic E-state index is -3.62. The van der Waals surface area contributed by atoms with Crippen LogP contribution in [0.3, 0.4) is 0 Å². The number of sulfonamides is 1. The highest BCUT2D eigenvalue weighted by atomic mass is 35.5. The maximum absolute atomic E-state index is 12.4. The molecule has 0 amide bonds. The zero-order valence-electron chi connectivity index (χ0n) is 15.0. The van der Waals surface area contributed by atoms with Gasteiger partial charge in [-0.1, -0.05) is 17.7 Å². The van der Waals surface area contributed by atoms with Gasteiger partial charge in [0.2, 0.25) is 10.0 Å². The summed E-state index contributed by atoms with van der Waals surface area (Å²) in [6, 6.07) is 6.65. The Morgan fingerprint density at radius 3 is 2.74 bits per heavy atom. The largest absolute Gasteiger partial charge is 0.378 e. The van der Waals surface area contributed by atoms with E-state index in [0.717, 1.165) is 18.9 Å². The van der Waals surface area contributed by atoms with Crippen molar-refractivity contribution < 1.29 is 13.2 Å². The van der Waals surface area contributed by atoms with E-state index in [1.54, 1.807) is 19.1 Å². The highest BCUT2D eigenvalue weighted by Gasteiger charge is 2.17. The van der Waals surface area contributed by atoms with E-state index in [-0.39, 0.29) is 11.4 Å².